The van der Waals surface area contributed by atoms with Crippen LogP contribution in [0.2, 0.25) is 0 Å². The van der Waals surface area contributed by atoms with Gasteiger partial charge in [-0.15, -0.1) is 0 Å². The van der Waals surface area contributed by atoms with Crippen molar-refractivity contribution in [3.63, 3.8) is 0 Å². The average molecular weight is 287 g/mol. The van der Waals surface area contributed by atoms with Crippen LogP contribution in [0.25, 0.3) is 0 Å². The van der Waals surface area contributed by atoms with E-state index in [0.29, 0.717) is 18.9 Å². The van der Waals surface area contributed by atoms with E-state index in [2.05, 4.69) is 50.4 Å². The monoisotopic (exact) mass is 287 g/mol. The largest absolute Gasteiger partial charge is 0.352 e. The van der Waals surface area contributed by atoms with E-state index in [0.717, 1.165) is 19.3 Å². The number of amides is 1. The Morgan fingerprint density at radius 2 is 2.14 bits per heavy atom. The highest BCUT2D eigenvalue weighted by Crippen LogP contribution is 2.07. The molecule has 0 radical (unpaired) electrons. The predicted molar refractivity (Wildman–Crippen MR) is 90.1 cm³/mol. The van der Waals surface area contributed by atoms with Crippen molar-refractivity contribution in [1.29, 1.82) is 0 Å². The number of allylic oxidation sites excluding steroid dienone is 2. The van der Waals surface area contributed by atoms with Crippen LogP contribution in [0, 0.1) is 12.8 Å². The lowest BCUT2D eigenvalue weighted by atomic mass is 10.1. The van der Waals surface area contributed by atoms with E-state index in [1.54, 1.807) is 0 Å². The van der Waals surface area contributed by atoms with Crippen molar-refractivity contribution in [1.82, 2.24) is 5.32 Å². The van der Waals surface area contributed by atoms with Gasteiger partial charge >= 0.3 is 0 Å². The summed E-state index contributed by atoms with van der Waals surface area (Å²) in [5.74, 6) is 0.824. The molecule has 1 aromatic carbocycles. The van der Waals surface area contributed by atoms with Gasteiger partial charge < -0.3 is 5.32 Å². The molecule has 1 N–H and O–H groups in total. The third-order valence-corrected chi connectivity index (χ3v) is 3.71. The number of nitrogens with one attached hydrogen (secondary N) is 1. The zero-order valence-corrected chi connectivity index (χ0v) is 13.7. The standard InChI is InChI=1S/C19H29NO/c1-4-16(2)10-7-5-6-8-13-19(21)20-15-18-12-9-11-17(3)14-18/h7,9-12,14,16H,4-6,8,13,15H2,1-3H3,(H,20,21)/b10-7+. The number of hydrogen-bond donors (Lipinski definition) is 1. The Kier molecular flexibility index (Phi) is 8.49. The van der Waals surface area contributed by atoms with Crippen LogP contribution in [-0.2, 0) is 11.3 Å². The molecule has 1 aromatic rings. The number of unbranched alkanes of at least 4 members (excludes halogenated alkanes) is 2. The summed E-state index contributed by atoms with van der Waals surface area (Å²) in [6, 6.07) is 8.26. The fourth-order valence-corrected chi connectivity index (χ4v) is 2.12. The van der Waals surface area contributed by atoms with Crippen LogP contribution in [0.4, 0.5) is 0 Å². The number of hydrogen-bond acceptors (Lipinski definition) is 1. The molecule has 1 atom stereocenters. The Hall–Kier alpha value is -1.57. The average Bonchev–Trinajstić information content (AvgIpc) is 2.48. The Morgan fingerprint density at radius 1 is 1.33 bits per heavy atom. The second-order valence-corrected chi connectivity index (χ2v) is 5.83. The first kappa shape index (κ1) is 17.5. The SMILES string of the molecule is CCC(C)/C=C/CCCCC(=O)NCc1cccc(C)c1. The first-order valence-corrected chi connectivity index (χ1v) is 8.10. The van der Waals surface area contributed by atoms with E-state index in [1.165, 1.54) is 17.5 Å². The third-order valence-electron chi connectivity index (χ3n) is 3.71. The quantitative estimate of drug-likeness (QED) is 0.514. The fraction of sp³-hybridized carbons (Fsp3) is 0.526. The van der Waals surface area contributed by atoms with Crippen LogP contribution in [0.3, 0.4) is 0 Å². The summed E-state index contributed by atoms with van der Waals surface area (Å²) in [6.45, 7) is 7.13. The van der Waals surface area contributed by atoms with E-state index in [-0.39, 0.29) is 5.91 Å². The van der Waals surface area contributed by atoms with Gasteiger partial charge in [0.25, 0.3) is 0 Å². The van der Waals surface area contributed by atoms with Crippen LogP contribution >= 0.6 is 0 Å². The molecule has 0 spiro atoms. The minimum atomic E-state index is 0.155. The van der Waals surface area contributed by atoms with Crippen molar-refractivity contribution in [3.05, 3.63) is 47.5 Å². The van der Waals surface area contributed by atoms with Crippen LogP contribution in [0.15, 0.2) is 36.4 Å². The highest BCUT2D eigenvalue weighted by molar-refractivity contribution is 5.75. The second kappa shape index (κ2) is 10.2. The van der Waals surface area contributed by atoms with Crippen molar-refractivity contribution in [2.24, 2.45) is 5.92 Å². The van der Waals surface area contributed by atoms with Gasteiger partial charge in [-0.1, -0.05) is 62.2 Å². The van der Waals surface area contributed by atoms with Gasteiger partial charge in [-0.3, -0.25) is 4.79 Å². The van der Waals surface area contributed by atoms with Gasteiger partial charge in [0.05, 0.1) is 0 Å². The molecule has 0 aliphatic heterocycles. The molecule has 0 heterocycles. The summed E-state index contributed by atoms with van der Waals surface area (Å²) < 4.78 is 0. The van der Waals surface area contributed by atoms with Gasteiger partial charge in [0, 0.05) is 13.0 Å². The molecular formula is C19H29NO. The molecule has 0 aliphatic rings. The second-order valence-electron chi connectivity index (χ2n) is 5.83. The summed E-state index contributed by atoms with van der Waals surface area (Å²) in [6.07, 6.45) is 9.47. The van der Waals surface area contributed by atoms with Gasteiger partial charge in [-0.2, -0.15) is 0 Å². The molecular weight excluding hydrogens is 258 g/mol. The van der Waals surface area contributed by atoms with E-state index in [4.69, 9.17) is 0 Å². The minimum absolute atomic E-state index is 0.155. The number of carbonyl (C=O) groups is 1. The van der Waals surface area contributed by atoms with Crippen molar-refractivity contribution < 1.29 is 4.79 Å². The van der Waals surface area contributed by atoms with Crippen molar-refractivity contribution in [2.75, 3.05) is 0 Å². The molecule has 0 bridgehead atoms. The normalized spacial score (nSPS) is 12.5. The van der Waals surface area contributed by atoms with E-state index in [1.807, 2.05) is 12.1 Å². The number of aryl methyl sites for hydroxylation is 1. The smallest absolute Gasteiger partial charge is 0.220 e. The van der Waals surface area contributed by atoms with Gasteiger partial charge in [-0.05, 0) is 37.7 Å². The molecule has 1 unspecified atom stereocenters. The highest BCUT2D eigenvalue weighted by atomic mass is 16.1. The zero-order valence-electron chi connectivity index (χ0n) is 13.7. The van der Waals surface area contributed by atoms with E-state index >= 15 is 0 Å². The molecule has 2 heteroatoms. The molecule has 0 saturated carbocycles. The van der Waals surface area contributed by atoms with Gasteiger partial charge in [0.1, 0.15) is 0 Å². The summed E-state index contributed by atoms with van der Waals surface area (Å²) >= 11 is 0. The molecule has 2 nitrogen and oxygen atoms in total. The lowest BCUT2D eigenvalue weighted by Crippen LogP contribution is -2.22. The summed E-state index contributed by atoms with van der Waals surface area (Å²) in [5, 5.41) is 2.99. The summed E-state index contributed by atoms with van der Waals surface area (Å²) in [7, 11) is 0. The van der Waals surface area contributed by atoms with Crippen LogP contribution in [0.5, 0.6) is 0 Å². The maximum Gasteiger partial charge on any atom is 0.220 e. The summed E-state index contributed by atoms with van der Waals surface area (Å²) in [4.78, 5) is 11.8. The Bertz CT molecular complexity index is 451. The molecule has 0 aliphatic carbocycles. The minimum Gasteiger partial charge on any atom is -0.352 e. The first-order chi connectivity index (χ1) is 10.1. The van der Waals surface area contributed by atoms with Crippen LogP contribution in [-0.4, -0.2) is 5.91 Å². The van der Waals surface area contributed by atoms with Crippen LogP contribution < -0.4 is 5.32 Å². The fourth-order valence-electron chi connectivity index (χ4n) is 2.12. The molecule has 1 amide bonds. The van der Waals surface area contributed by atoms with Gasteiger partial charge in [-0.25, -0.2) is 0 Å². The molecule has 0 fully saturated rings. The van der Waals surface area contributed by atoms with Gasteiger partial charge in [0.15, 0.2) is 0 Å². The number of benzene rings is 1. The maximum atomic E-state index is 11.8. The molecule has 1 rings (SSSR count). The molecule has 0 saturated heterocycles. The molecule has 21 heavy (non-hydrogen) atoms. The Morgan fingerprint density at radius 3 is 2.86 bits per heavy atom. The predicted octanol–water partition coefficient (Wildman–Crippen LogP) is 4.77. The van der Waals surface area contributed by atoms with E-state index < -0.39 is 0 Å². The van der Waals surface area contributed by atoms with Crippen LogP contribution in [0.1, 0.15) is 57.1 Å². The van der Waals surface area contributed by atoms with Crippen molar-refractivity contribution >= 4 is 5.91 Å². The zero-order chi connectivity index (χ0) is 15.5. The van der Waals surface area contributed by atoms with Gasteiger partial charge in [0.2, 0.25) is 5.91 Å². The van der Waals surface area contributed by atoms with E-state index in [9.17, 15) is 4.79 Å². The number of carbonyl (C=O) groups excluding carboxylic acids is 1. The van der Waals surface area contributed by atoms with Crippen molar-refractivity contribution in [2.45, 2.75) is 59.4 Å². The topological polar surface area (TPSA) is 29.1 Å². The number of rotatable bonds is 9. The summed E-state index contributed by atoms with van der Waals surface area (Å²) in [5.41, 5.74) is 2.40. The third kappa shape index (κ3) is 8.34. The lowest BCUT2D eigenvalue weighted by molar-refractivity contribution is -0.121. The maximum absolute atomic E-state index is 11.8. The highest BCUT2D eigenvalue weighted by Gasteiger charge is 2.01. The Labute approximate surface area is 129 Å². The first-order valence-electron chi connectivity index (χ1n) is 8.10. The molecule has 116 valence electrons. The molecule has 0 aromatic heterocycles. The lowest BCUT2D eigenvalue weighted by Gasteiger charge is -2.06. The van der Waals surface area contributed by atoms with Crippen molar-refractivity contribution in [3.8, 4) is 0 Å². The Balaban J connectivity index is 2.10.